The highest BCUT2D eigenvalue weighted by Crippen LogP contribution is 2.32. The minimum absolute atomic E-state index is 0.0868. The van der Waals surface area contributed by atoms with Gasteiger partial charge < -0.3 is 9.88 Å². The third kappa shape index (κ3) is 3.77. The Bertz CT molecular complexity index is 1220. The second-order valence-electron chi connectivity index (χ2n) is 7.47. The molecule has 0 saturated carbocycles. The minimum atomic E-state index is -3.42. The number of benzene rings is 2. The SMILES string of the molecule is C[C@H](NC(=O)c1ccc(Cl)c(N2CCCCS2(=O)=O)c1)c1nc2ccccc2n1C. The number of fused-ring (bicyclic) bond motifs is 1. The number of halogens is 1. The number of hydrogen-bond acceptors (Lipinski definition) is 4. The van der Waals surface area contributed by atoms with Crippen molar-refractivity contribution in [3.05, 3.63) is 58.9 Å². The fraction of sp³-hybridized carbons (Fsp3) is 0.333. The first kappa shape index (κ1) is 20.7. The van der Waals surface area contributed by atoms with Crippen LogP contribution in [0.1, 0.15) is 42.0 Å². The summed E-state index contributed by atoms with van der Waals surface area (Å²) in [6.07, 6.45) is 1.39. The van der Waals surface area contributed by atoms with Gasteiger partial charge in [0.05, 0.1) is 33.5 Å². The summed E-state index contributed by atoms with van der Waals surface area (Å²) >= 11 is 6.28. The van der Waals surface area contributed by atoms with E-state index in [4.69, 9.17) is 11.6 Å². The Hall–Kier alpha value is -2.58. The first-order valence-corrected chi connectivity index (χ1v) is 11.8. The minimum Gasteiger partial charge on any atom is -0.342 e. The summed E-state index contributed by atoms with van der Waals surface area (Å²) in [5, 5.41) is 3.26. The summed E-state index contributed by atoms with van der Waals surface area (Å²) in [6, 6.07) is 12.1. The third-order valence-electron chi connectivity index (χ3n) is 5.38. The van der Waals surface area contributed by atoms with Crippen LogP contribution in [0, 0.1) is 0 Å². The number of rotatable bonds is 4. The van der Waals surface area contributed by atoms with E-state index in [1.165, 1.54) is 4.31 Å². The maximum absolute atomic E-state index is 12.9. The van der Waals surface area contributed by atoms with Crippen molar-refractivity contribution in [2.75, 3.05) is 16.6 Å². The molecule has 30 heavy (non-hydrogen) atoms. The molecule has 1 N–H and O–H groups in total. The van der Waals surface area contributed by atoms with Gasteiger partial charge >= 0.3 is 0 Å². The topological polar surface area (TPSA) is 84.3 Å². The largest absolute Gasteiger partial charge is 0.342 e. The fourth-order valence-electron chi connectivity index (χ4n) is 3.80. The summed E-state index contributed by atoms with van der Waals surface area (Å²) in [7, 11) is -1.51. The Morgan fingerprint density at radius 2 is 1.97 bits per heavy atom. The van der Waals surface area contributed by atoms with E-state index in [-0.39, 0.29) is 17.7 Å². The molecule has 0 aliphatic carbocycles. The van der Waals surface area contributed by atoms with Crippen molar-refractivity contribution >= 4 is 44.3 Å². The van der Waals surface area contributed by atoms with Crippen LogP contribution in [-0.2, 0) is 17.1 Å². The fourth-order valence-corrected chi connectivity index (χ4v) is 5.72. The highest BCUT2D eigenvalue weighted by molar-refractivity contribution is 7.92. The number of aryl methyl sites for hydroxylation is 1. The zero-order valence-electron chi connectivity index (χ0n) is 16.8. The lowest BCUT2D eigenvalue weighted by Crippen LogP contribution is -2.38. The van der Waals surface area contributed by atoms with Gasteiger partial charge in [-0.3, -0.25) is 9.10 Å². The average Bonchev–Trinajstić information content (AvgIpc) is 3.05. The molecule has 0 spiro atoms. The molecule has 2 aromatic carbocycles. The molecule has 158 valence electrons. The zero-order chi connectivity index (χ0) is 21.5. The van der Waals surface area contributed by atoms with Gasteiger partial charge in [0.25, 0.3) is 5.91 Å². The maximum Gasteiger partial charge on any atom is 0.251 e. The molecule has 0 unspecified atom stereocenters. The van der Waals surface area contributed by atoms with Gasteiger partial charge in [-0.1, -0.05) is 23.7 Å². The van der Waals surface area contributed by atoms with Crippen molar-refractivity contribution in [2.45, 2.75) is 25.8 Å². The Morgan fingerprint density at radius 3 is 2.70 bits per heavy atom. The highest BCUT2D eigenvalue weighted by Gasteiger charge is 2.28. The third-order valence-corrected chi connectivity index (χ3v) is 7.56. The van der Waals surface area contributed by atoms with Crippen LogP contribution >= 0.6 is 11.6 Å². The zero-order valence-corrected chi connectivity index (χ0v) is 18.4. The summed E-state index contributed by atoms with van der Waals surface area (Å²) in [5.74, 6) is 0.503. The number of carbonyl (C=O) groups is 1. The number of hydrogen-bond donors (Lipinski definition) is 1. The van der Waals surface area contributed by atoms with Crippen molar-refractivity contribution in [1.29, 1.82) is 0 Å². The summed E-state index contributed by atoms with van der Waals surface area (Å²) in [6.45, 7) is 2.23. The van der Waals surface area contributed by atoms with E-state index in [0.29, 0.717) is 29.2 Å². The number of para-hydroxylation sites is 2. The molecule has 1 amide bonds. The number of sulfonamides is 1. The van der Waals surface area contributed by atoms with Crippen LogP contribution in [0.3, 0.4) is 0 Å². The molecule has 7 nitrogen and oxygen atoms in total. The van der Waals surface area contributed by atoms with E-state index in [1.54, 1.807) is 18.2 Å². The quantitative estimate of drug-likeness (QED) is 0.663. The molecule has 1 atom stereocenters. The lowest BCUT2D eigenvalue weighted by Gasteiger charge is -2.29. The Kier molecular flexibility index (Phi) is 5.46. The molecule has 1 fully saturated rings. The Morgan fingerprint density at radius 1 is 1.20 bits per heavy atom. The molecule has 2 heterocycles. The van der Waals surface area contributed by atoms with Crippen molar-refractivity contribution in [3.8, 4) is 0 Å². The molecule has 0 bridgehead atoms. The molecule has 1 saturated heterocycles. The first-order valence-electron chi connectivity index (χ1n) is 9.80. The number of amides is 1. The summed E-state index contributed by atoms with van der Waals surface area (Å²) in [4.78, 5) is 17.5. The second kappa shape index (κ2) is 7.92. The number of carbonyl (C=O) groups excluding carboxylic acids is 1. The number of aromatic nitrogens is 2. The molecule has 0 radical (unpaired) electrons. The van der Waals surface area contributed by atoms with Crippen LogP contribution in [0.4, 0.5) is 5.69 Å². The van der Waals surface area contributed by atoms with Crippen molar-refractivity contribution in [2.24, 2.45) is 7.05 Å². The molecule has 9 heteroatoms. The van der Waals surface area contributed by atoms with Crippen molar-refractivity contribution < 1.29 is 13.2 Å². The molecular formula is C21H23ClN4O3S. The van der Waals surface area contributed by atoms with Crippen molar-refractivity contribution in [1.82, 2.24) is 14.9 Å². The number of imidazole rings is 1. The molecule has 1 aliphatic rings. The molecule has 3 aromatic rings. The van der Waals surface area contributed by atoms with Crippen LogP contribution in [0.15, 0.2) is 42.5 Å². The lowest BCUT2D eigenvalue weighted by atomic mass is 10.1. The van der Waals surface area contributed by atoms with Gasteiger partial charge in [0, 0.05) is 19.2 Å². The maximum atomic E-state index is 12.9. The predicted molar refractivity (Wildman–Crippen MR) is 118 cm³/mol. The summed E-state index contributed by atoms with van der Waals surface area (Å²) < 4.78 is 28.2. The van der Waals surface area contributed by atoms with Gasteiger partial charge in [0.1, 0.15) is 5.82 Å². The first-order chi connectivity index (χ1) is 14.3. The standard InChI is InChI=1S/C21H23ClN4O3S/c1-14(20-24-17-7-3-4-8-18(17)25(20)2)23-21(27)15-9-10-16(22)19(13-15)26-11-5-6-12-30(26,28)29/h3-4,7-10,13-14H,5-6,11-12H2,1-2H3,(H,23,27)/t14-/m0/s1. The molecule has 4 rings (SSSR count). The van der Waals surface area contributed by atoms with E-state index < -0.39 is 10.0 Å². The number of nitrogens with one attached hydrogen (secondary N) is 1. The van der Waals surface area contributed by atoms with Crippen LogP contribution in [0.5, 0.6) is 0 Å². The number of anilines is 1. The normalized spacial score (nSPS) is 17.1. The van der Waals surface area contributed by atoms with E-state index in [1.807, 2.05) is 42.8 Å². The Labute approximate surface area is 180 Å². The van der Waals surface area contributed by atoms with Gasteiger partial charge in [0.15, 0.2) is 0 Å². The Balaban J connectivity index is 1.59. The van der Waals surface area contributed by atoms with Gasteiger partial charge in [-0.2, -0.15) is 0 Å². The van der Waals surface area contributed by atoms with Crippen LogP contribution < -0.4 is 9.62 Å². The van der Waals surface area contributed by atoms with Gasteiger partial charge in [-0.05, 0) is 50.1 Å². The van der Waals surface area contributed by atoms with Crippen LogP contribution in [-0.4, -0.2) is 36.2 Å². The van der Waals surface area contributed by atoms with Gasteiger partial charge in [-0.25, -0.2) is 13.4 Å². The van der Waals surface area contributed by atoms with E-state index in [0.717, 1.165) is 23.3 Å². The van der Waals surface area contributed by atoms with Crippen molar-refractivity contribution in [3.63, 3.8) is 0 Å². The number of nitrogens with zero attached hydrogens (tertiary/aromatic N) is 3. The summed E-state index contributed by atoms with van der Waals surface area (Å²) in [5.41, 5.74) is 2.54. The van der Waals surface area contributed by atoms with Gasteiger partial charge in [-0.15, -0.1) is 0 Å². The van der Waals surface area contributed by atoms with Crippen LogP contribution in [0.25, 0.3) is 11.0 Å². The van der Waals surface area contributed by atoms with E-state index >= 15 is 0 Å². The van der Waals surface area contributed by atoms with E-state index in [9.17, 15) is 13.2 Å². The van der Waals surface area contributed by atoms with E-state index in [2.05, 4.69) is 10.3 Å². The average molecular weight is 447 g/mol. The monoisotopic (exact) mass is 446 g/mol. The molecule has 1 aromatic heterocycles. The molecular weight excluding hydrogens is 424 g/mol. The lowest BCUT2D eigenvalue weighted by molar-refractivity contribution is 0.0938. The smallest absolute Gasteiger partial charge is 0.251 e. The predicted octanol–water partition coefficient (Wildman–Crippen LogP) is 3.65. The van der Waals surface area contributed by atoms with Gasteiger partial charge in [0.2, 0.25) is 10.0 Å². The second-order valence-corrected chi connectivity index (χ2v) is 9.89. The molecule has 1 aliphatic heterocycles. The van der Waals surface area contributed by atoms with Crippen LogP contribution in [0.2, 0.25) is 5.02 Å². The highest BCUT2D eigenvalue weighted by atomic mass is 35.5.